The molecule has 1 saturated heterocycles. The molecule has 0 bridgehead atoms. The Morgan fingerprint density at radius 3 is 2.88 bits per heavy atom. The van der Waals surface area contributed by atoms with Crippen molar-refractivity contribution in [2.45, 2.75) is 32.6 Å². The monoisotopic (exact) mass is 237 g/mol. The summed E-state index contributed by atoms with van der Waals surface area (Å²) in [5.41, 5.74) is 1.14. The van der Waals surface area contributed by atoms with Gasteiger partial charge in [0.2, 0.25) is 0 Å². The zero-order valence-corrected chi connectivity index (χ0v) is 10.6. The predicted octanol–water partition coefficient (Wildman–Crippen LogP) is 3.02. The molecule has 0 radical (unpaired) electrons. The van der Waals surface area contributed by atoms with Crippen molar-refractivity contribution < 1.29 is 4.79 Å². The third-order valence-corrected chi connectivity index (χ3v) is 4.41. The Hall–Kier alpha value is -0.670. The molecular weight excluding hydrogens is 218 g/mol. The summed E-state index contributed by atoms with van der Waals surface area (Å²) in [6.45, 7) is 4.27. The first-order chi connectivity index (χ1) is 7.77. The van der Waals surface area contributed by atoms with Crippen LogP contribution in [-0.4, -0.2) is 18.9 Å². The van der Waals surface area contributed by atoms with Gasteiger partial charge in [-0.05, 0) is 62.2 Å². The van der Waals surface area contributed by atoms with Crippen molar-refractivity contribution in [3.63, 3.8) is 0 Å². The lowest BCUT2D eigenvalue weighted by molar-refractivity contribution is 0.0974. The standard InChI is InChI=1S/C13H19NOS/c1-10-6-9-16-13(10)12(15)3-2-11-4-7-14-8-5-11/h6,9,11,14H,2-5,7-8H2,1H3. The second-order valence-corrected chi connectivity index (χ2v) is 5.50. The Kier molecular flexibility index (Phi) is 4.13. The van der Waals surface area contributed by atoms with E-state index in [2.05, 4.69) is 5.32 Å². The number of aryl methyl sites for hydroxylation is 1. The van der Waals surface area contributed by atoms with Gasteiger partial charge in [0.05, 0.1) is 4.88 Å². The molecule has 88 valence electrons. The van der Waals surface area contributed by atoms with Crippen molar-refractivity contribution in [1.29, 1.82) is 0 Å². The summed E-state index contributed by atoms with van der Waals surface area (Å²) in [7, 11) is 0. The summed E-state index contributed by atoms with van der Waals surface area (Å²) in [4.78, 5) is 12.9. The van der Waals surface area contributed by atoms with Crippen LogP contribution in [-0.2, 0) is 0 Å². The molecule has 1 aromatic rings. The average Bonchev–Trinajstić information content (AvgIpc) is 2.74. The molecular formula is C13H19NOS. The third kappa shape index (κ3) is 2.92. The molecule has 0 spiro atoms. The van der Waals surface area contributed by atoms with E-state index in [0.29, 0.717) is 5.78 Å². The summed E-state index contributed by atoms with van der Waals surface area (Å²) in [5, 5.41) is 5.36. The maximum Gasteiger partial charge on any atom is 0.173 e. The van der Waals surface area contributed by atoms with E-state index in [0.717, 1.165) is 42.3 Å². The SMILES string of the molecule is Cc1ccsc1C(=O)CCC1CCNCC1. The van der Waals surface area contributed by atoms with Crippen LogP contribution < -0.4 is 5.32 Å². The van der Waals surface area contributed by atoms with Crippen LogP contribution in [0.5, 0.6) is 0 Å². The highest BCUT2D eigenvalue weighted by Crippen LogP contribution is 2.22. The molecule has 0 aromatic carbocycles. The summed E-state index contributed by atoms with van der Waals surface area (Å²) in [6.07, 6.45) is 4.26. The Balaban J connectivity index is 1.81. The van der Waals surface area contributed by atoms with Crippen molar-refractivity contribution in [1.82, 2.24) is 5.32 Å². The second kappa shape index (κ2) is 5.60. The fourth-order valence-corrected chi connectivity index (χ4v) is 3.17. The number of thiophene rings is 1. The fraction of sp³-hybridized carbons (Fsp3) is 0.615. The third-order valence-electron chi connectivity index (χ3n) is 3.35. The minimum Gasteiger partial charge on any atom is -0.317 e. The van der Waals surface area contributed by atoms with E-state index in [1.807, 2.05) is 18.4 Å². The maximum atomic E-state index is 12.0. The number of nitrogens with one attached hydrogen (secondary N) is 1. The topological polar surface area (TPSA) is 29.1 Å². The maximum absolute atomic E-state index is 12.0. The number of ketones is 1. The number of piperidine rings is 1. The molecule has 0 aliphatic carbocycles. The predicted molar refractivity (Wildman–Crippen MR) is 68.2 cm³/mol. The van der Waals surface area contributed by atoms with E-state index in [1.54, 1.807) is 11.3 Å². The van der Waals surface area contributed by atoms with Gasteiger partial charge >= 0.3 is 0 Å². The van der Waals surface area contributed by atoms with Gasteiger partial charge in [0.15, 0.2) is 5.78 Å². The number of carbonyl (C=O) groups is 1. The molecule has 0 saturated carbocycles. The Labute approximate surface area is 101 Å². The summed E-state index contributed by atoms with van der Waals surface area (Å²) < 4.78 is 0. The molecule has 0 atom stereocenters. The van der Waals surface area contributed by atoms with Gasteiger partial charge in [0.1, 0.15) is 0 Å². The van der Waals surface area contributed by atoms with E-state index in [-0.39, 0.29) is 0 Å². The lowest BCUT2D eigenvalue weighted by Gasteiger charge is -2.21. The molecule has 16 heavy (non-hydrogen) atoms. The molecule has 1 aliphatic heterocycles. The van der Waals surface area contributed by atoms with Crippen molar-refractivity contribution in [2.75, 3.05) is 13.1 Å². The molecule has 0 unspecified atom stereocenters. The van der Waals surface area contributed by atoms with Gasteiger partial charge in [-0.3, -0.25) is 4.79 Å². The van der Waals surface area contributed by atoms with Gasteiger partial charge in [-0.25, -0.2) is 0 Å². The Morgan fingerprint density at radius 1 is 1.50 bits per heavy atom. The smallest absolute Gasteiger partial charge is 0.173 e. The highest BCUT2D eigenvalue weighted by Gasteiger charge is 2.16. The molecule has 1 fully saturated rings. The van der Waals surface area contributed by atoms with Gasteiger partial charge < -0.3 is 5.32 Å². The van der Waals surface area contributed by atoms with Gasteiger partial charge in [0.25, 0.3) is 0 Å². The number of Topliss-reactive ketones (excluding diaryl/α,β-unsaturated/α-hetero) is 1. The van der Waals surface area contributed by atoms with Crippen LogP contribution in [0.1, 0.15) is 40.9 Å². The first-order valence-electron chi connectivity index (χ1n) is 6.05. The van der Waals surface area contributed by atoms with Crippen LogP contribution in [0.15, 0.2) is 11.4 Å². The first kappa shape index (κ1) is 11.8. The fourth-order valence-electron chi connectivity index (χ4n) is 2.28. The average molecular weight is 237 g/mol. The molecule has 1 N–H and O–H groups in total. The van der Waals surface area contributed by atoms with Gasteiger partial charge in [0, 0.05) is 6.42 Å². The molecule has 0 amide bonds. The minimum absolute atomic E-state index is 0.339. The summed E-state index contributed by atoms with van der Waals surface area (Å²) in [6, 6.07) is 2.03. The molecule has 1 aromatic heterocycles. The van der Waals surface area contributed by atoms with Crippen LogP contribution in [0.2, 0.25) is 0 Å². The molecule has 1 aliphatic rings. The van der Waals surface area contributed by atoms with E-state index in [4.69, 9.17) is 0 Å². The van der Waals surface area contributed by atoms with Crippen molar-refractivity contribution in [2.24, 2.45) is 5.92 Å². The number of carbonyl (C=O) groups excluding carboxylic acids is 1. The van der Waals surface area contributed by atoms with E-state index < -0.39 is 0 Å². The van der Waals surface area contributed by atoms with E-state index in [9.17, 15) is 4.79 Å². The second-order valence-electron chi connectivity index (χ2n) is 4.59. The molecule has 2 heterocycles. The zero-order chi connectivity index (χ0) is 11.4. The lowest BCUT2D eigenvalue weighted by Crippen LogP contribution is -2.27. The number of rotatable bonds is 4. The summed E-state index contributed by atoms with van der Waals surface area (Å²) in [5.74, 6) is 1.09. The lowest BCUT2D eigenvalue weighted by atomic mass is 9.92. The summed E-state index contributed by atoms with van der Waals surface area (Å²) >= 11 is 1.58. The largest absolute Gasteiger partial charge is 0.317 e. The molecule has 3 heteroatoms. The highest BCUT2D eigenvalue weighted by atomic mass is 32.1. The van der Waals surface area contributed by atoms with Gasteiger partial charge in [-0.1, -0.05) is 0 Å². The molecule has 2 nitrogen and oxygen atoms in total. The Bertz CT molecular complexity index is 353. The van der Waals surface area contributed by atoms with Crippen LogP contribution in [0.3, 0.4) is 0 Å². The highest BCUT2D eigenvalue weighted by molar-refractivity contribution is 7.12. The van der Waals surface area contributed by atoms with E-state index >= 15 is 0 Å². The first-order valence-corrected chi connectivity index (χ1v) is 6.93. The quantitative estimate of drug-likeness (QED) is 0.816. The minimum atomic E-state index is 0.339. The number of hydrogen-bond acceptors (Lipinski definition) is 3. The van der Waals surface area contributed by atoms with Crippen molar-refractivity contribution in [3.05, 3.63) is 21.9 Å². The van der Waals surface area contributed by atoms with Crippen molar-refractivity contribution >= 4 is 17.1 Å². The van der Waals surface area contributed by atoms with Crippen molar-refractivity contribution in [3.8, 4) is 0 Å². The number of hydrogen-bond donors (Lipinski definition) is 1. The van der Waals surface area contributed by atoms with Crippen LogP contribution in [0, 0.1) is 12.8 Å². The zero-order valence-electron chi connectivity index (χ0n) is 9.79. The van der Waals surface area contributed by atoms with E-state index in [1.165, 1.54) is 12.8 Å². The van der Waals surface area contributed by atoms with Gasteiger partial charge in [-0.15, -0.1) is 11.3 Å². The van der Waals surface area contributed by atoms with Crippen LogP contribution in [0.25, 0.3) is 0 Å². The Morgan fingerprint density at radius 2 is 2.25 bits per heavy atom. The van der Waals surface area contributed by atoms with Gasteiger partial charge in [-0.2, -0.15) is 0 Å². The van der Waals surface area contributed by atoms with Crippen LogP contribution >= 0.6 is 11.3 Å². The molecule has 2 rings (SSSR count). The normalized spacial score (nSPS) is 17.6. The van der Waals surface area contributed by atoms with Crippen LogP contribution in [0.4, 0.5) is 0 Å².